The molecule has 0 bridgehead atoms. The first kappa shape index (κ1) is 22.5. The van der Waals surface area contributed by atoms with E-state index in [-0.39, 0.29) is 19.8 Å². The third kappa shape index (κ3) is 5.50. The fraction of sp³-hybridized carbons (Fsp3) is 0.684. The number of hydrogen-bond donors (Lipinski definition) is 6. The molecule has 0 aromatic heterocycles. The fourth-order valence-corrected chi connectivity index (χ4v) is 3.25. The van der Waals surface area contributed by atoms with Gasteiger partial charge < -0.3 is 49.6 Å². The SMILES string of the molecule is O[C@H]1[C@@H](O)[C@H](OCCc2ccccc2)O[C@@H](CO[C@H]2OC[C@@H](O)[C@@H](O)[C@H]2O)[C@H]1O. The van der Waals surface area contributed by atoms with E-state index in [0.717, 1.165) is 5.56 Å². The van der Waals surface area contributed by atoms with Gasteiger partial charge in [0.15, 0.2) is 12.6 Å². The van der Waals surface area contributed by atoms with Crippen molar-refractivity contribution in [1.29, 1.82) is 0 Å². The van der Waals surface area contributed by atoms with Crippen molar-refractivity contribution in [2.75, 3.05) is 19.8 Å². The predicted molar refractivity (Wildman–Crippen MR) is 96.5 cm³/mol. The van der Waals surface area contributed by atoms with Crippen molar-refractivity contribution in [3.63, 3.8) is 0 Å². The zero-order valence-corrected chi connectivity index (χ0v) is 15.7. The highest BCUT2D eigenvalue weighted by Gasteiger charge is 2.45. The van der Waals surface area contributed by atoms with Crippen molar-refractivity contribution in [3.8, 4) is 0 Å². The van der Waals surface area contributed by atoms with E-state index in [1.807, 2.05) is 30.3 Å². The number of benzene rings is 1. The molecule has 1 aromatic carbocycles. The van der Waals surface area contributed by atoms with E-state index >= 15 is 0 Å². The quantitative estimate of drug-likeness (QED) is 0.281. The second-order valence-corrected chi connectivity index (χ2v) is 7.20. The highest BCUT2D eigenvalue weighted by molar-refractivity contribution is 5.14. The average molecular weight is 416 g/mol. The summed E-state index contributed by atoms with van der Waals surface area (Å²) >= 11 is 0. The number of ether oxygens (including phenoxy) is 4. The molecule has 6 N–H and O–H groups in total. The summed E-state index contributed by atoms with van der Waals surface area (Å²) in [5.74, 6) is 0. The van der Waals surface area contributed by atoms with E-state index in [1.54, 1.807) is 0 Å². The van der Waals surface area contributed by atoms with E-state index in [2.05, 4.69) is 0 Å². The van der Waals surface area contributed by atoms with Gasteiger partial charge in [-0.2, -0.15) is 0 Å². The van der Waals surface area contributed by atoms with Crippen LogP contribution in [-0.4, -0.2) is 106 Å². The van der Waals surface area contributed by atoms with Gasteiger partial charge >= 0.3 is 0 Å². The van der Waals surface area contributed by atoms with Gasteiger partial charge in [0.2, 0.25) is 0 Å². The summed E-state index contributed by atoms with van der Waals surface area (Å²) in [7, 11) is 0. The molecule has 164 valence electrons. The van der Waals surface area contributed by atoms with E-state index in [4.69, 9.17) is 18.9 Å². The molecule has 2 saturated heterocycles. The first-order chi connectivity index (χ1) is 13.9. The molecule has 10 nitrogen and oxygen atoms in total. The van der Waals surface area contributed by atoms with E-state index < -0.39 is 55.3 Å². The largest absolute Gasteiger partial charge is 0.388 e. The van der Waals surface area contributed by atoms with Gasteiger partial charge in [-0.15, -0.1) is 0 Å². The van der Waals surface area contributed by atoms with Crippen LogP contribution < -0.4 is 0 Å². The van der Waals surface area contributed by atoms with Crippen LogP contribution in [0, 0.1) is 0 Å². The summed E-state index contributed by atoms with van der Waals surface area (Å²) < 4.78 is 21.6. The molecule has 0 unspecified atom stereocenters. The highest BCUT2D eigenvalue weighted by Crippen LogP contribution is 2.24. The van der Waals surface area contributed by atoms with Crippen molar-refractivity contribution < 1.29 is 49.6 Å². The Balaban J connectivity index is 1.51. The summed E-state index contributed by atoms with van der Waals surface area (Å²) in [5.41, 5.74) is 1.03. The average Bonchev–Trinajstić information content (AvgIpc) is 2.73. The molecule has 9 atom stereocenters. The van der Waals surface area contributed by atoms with E-state index in [9.17, 15) is 30.6 Å². The monoisotopic (exact) mass is 416 g/mol. The lowest BCUT2D eigenvalue weighted by Crippen LogP contribution is -2.60. The van der Waals surface area contributed by atoms with Crippen LogP contribution >= 0.6 is 0 Å². The maximum Gasteiger partial charge on any atom is 0.186 e. The molecule has 1 aromatic rings. The predicted octanol–water partition coefficient (Wildman–Crippen LogP) is -2.49. The van der Waals surface area contributed by atoms with Gasteiger partial charge in [-0.1, -0.05) is 30.3 Å². The smallest absolute Gasteiger partial charge is 0.186 e. The zero-order valence-electron chi connectivity index (χ0n) is 15.7. The van der Waals surface area contributed by atoms with E-state index in [1.165, 1.54) is 0 Å². The first-order valence-corrected chi connectivity index (χ1v) is 9.51. The van der Waals surface area contributed by atoms with Crippen LogP contribution in [0.5, 0.6) is 0 Å². The number of rotatable bonds is 7. The van der Waals surface area contributed by atoms with Gasteiger partial charge in [0.25, 0.3) is 0 Å². The molecule has 2 fully saturated rings. The lowest BCUT2D eigenvalue weighted by atomic mass is 9.99. The van der Waals surface area contributed by atoms with Gasteiger partial charge in [-0.25, -0.2) is 0 Å². The molecular formula is C19H28O10. The van der Waals surface area contributed by atoms with Crippen LogP contribution in [0.3, 0.4) is 0 Å². The molecule has 29 heavy (non-hydrogen) atoms. The molecule has 0 spiro atoms. The van der Waals surface area contributed by atoms with Crippen LogP contribution in [0.2, 0.25) is 0 Å². The minimum Gasteiger partial charge on any atom is -0.388 e. The lowest BCUT2D eigenvalue weighted by molar-refractivity contribution is -0.320. The molecule has 2 aliphatic rings. The molecule has 10 heteroatoms. The number of aliphatic hydroxyl groups excluding tert-OH is 6. The Morgan fingerprint density at radius 1 is 0.793 bits per heavy atom. The molecule has 3 rings (SSSR count). The van der Waals surface area contributed by atoms with Crippen molar-refractivity contribution in [2.24, 2.45) is 0 Å². The van der Waals surface area contributed by atoms with Gasteiger partial charge in [-0.3, -0.25) is 0 Å². The minimum atomic E-state index is -1.52. The lowest BCUT2D eigenvalue weighted by Gasteiger charge is -2.41. The molecule has 0 aliphatic carbocycles. The fourth-order valence-electron chi connectivity index (χ4n) is 3.25. The van der Waals surface area contributed by atoms with Crippen molar-refractivity contribution in [1.82, 2.24) is 0 Å². The molecule has 0 saturated carbocycles. The molecule has 2 heterocycles. The van der Waals surface area contributed by atoms with Crippen LogP contribution in [0.15, 0.2) is 30.3 Å². The minimum absolute atomic E-state index is 0.219. The van der Waals surface area contributed by atoms with Crippen LogP contribution in [-0.2, 0) is 25.4 Å². The van der Waals surface area contributed by atoms with Crippen LogP contribution in [0.4, 0.5) is 0 Å². The van der Waals surface area contributed by atoms with Crippen molar-refractivity contribution >= 4 is 0 Å². The van der Waals surface area contributed by atoms with Crippen molar-refractivity contribution in [3.05, 3.63) is 35.9 Å². The Morgan fingerprint density at radius 3 is 2.21 bits per heavy atom. The van der Waals surface area contributed by atoms with Gasteiger partial charge in [0, 0.05) is 0 Å². The Kier molecular flexibility index (Phi) is 7.93. The number of aliphatic hydroxyl groups is 6. The zero-order chi connectivity index (χ0) is 21.0. The summed E-state index contributed by atoms with van der Waals surface area (Å²) in [6.45, 7) is -0.325. The van der Waals surface area contributed by atoms with Crippen LogP contribution in [0.1, 0.15) is 5.56 Å². The number of hydrogen-bond acceptors (Lipinski definition) is 10. The summed E-state index contributed by atoms with van der Waals surface area (Å²) in [4.78, 5) is 0. The third-order valence-electron chi connectivity index (χ3n) is 5.06. The summed E-state index contributed by atoms with van der Waals surface area (Å²) in [5, 5.41) is 59.4. The maximum atomic E-state index is 10.2. The molecule has 2 aliphatic heterocycles. The van der Waals surface area contributed by atoms with Crippen LogP contribution in [0.25, 0.3) is 0 Å². The summed E-state index contributed by atoms with van der Waals surface area (Å²) in [6, 6.07) is 9.54. The second-order valence-electron chi connectivity index (χ2n) is 7.20. The second kappa shape index (κ2) is 10.2. The molecular weight excluding hydrogens is 388 g/mol. The first-order valence-electron chi connectivity index (χ1n) is 9.51. The Bertz CT molecular complexity index is 616. The maximum absolute atomic E-state index is 10.2. The van der Waals surface area contributed by atoms with Gasteiger partial charge in [0.1, 0.15) is 42.7 Å². The molecule has 0 radical (unpaired) electrons. The van der Waals surface area contributed by atoms with Crippen molar-refractivity contribution in [2.45, 2.75) is 61.7 Å². The Morgan fingerprint density at radius 2 is 1.48 bits per heavy atom. The molecule has 0 amide bonds. The summed E-state index contributed by atoms with van der Waals surface area (Å²) in [6.07, 6.45) is -11.5. The normalized spacial score (nSPS) is 40.7. The Hall–Kier alpha value is -1.18. The Labute approximate surface area is 167 Å². The standard InChI is InChI=1S/C19H28O10/c20-11-8-27-18(16(24)13(11)21)28-9-12-14(22)15(23)17(25)19(29-12)26-7-6-10-4-2-1-3-5-10/h1-5,11-25H,6-9H2/t11-,12+,13-,14-,15-,16-,17-,18-,19-/m1/s1. The van der Waals surface area contributed by atoms with E-state index in [0.29, 0.717) is 6.42 Å². The van der Waals surface area contributed by atoms with Gasteiger partial charge in [-0.05, 0) is 12.0 Å². The third-order valence-corrected chi connectivity index (χ3v) is 5.06. The topological polar surface area (TPSA) is 158 Å². The highest BCUT2D eigenvalue weighted by atomic mass is 16.7. The van der Waals surface area contributed by atoms with Gasteiger partial charge in [0.05, 0.1) is 19.8 Å².